The molecule has 1 aliphatic heterocycles. The minimum atomic E-state index is -0.280. The average molecular weight is 291 g/mol. The topological polar surface area (TPSA) is 29.5 Å². The summed E-state index contributed by atoms with van der Waals surface area (Å²) in [5, 5.41) is 12.2. The van der Waals surface area contributed by atoms with Crippen LogP contribution < -0.4 is 0 Å². The molecule has 3 unspecified atom stereocenters. The Labute approximate surface area is 102 Å². The van der Waals surface area contributed by atoms with Gasteiger partial charge in [0.1, 0.15) is 0 Å². The predicted molar refractivity (Wildman–Crippen MR) is 65.3 cm³/mol. The van der Waals surface area contributed by atoms with Gasteiger partial charge in [0, 0.05) is 28.3 Å². The molecule has 0 spiro atoms. The van der Waals surface area contributed by atoms with Crippen LogP contribution in [0.4, 0.5) is 0 Å². The maximum absolute atomic E-state index is 10.1. The average Bonchev–Trinajstić information content (AvgIpc) is 2.76. The zero-order valence-electron chi connectivity index (χ0n) is 8.65. The van der Waals surface area contributed by atoms with Crippen LogP contribution in [-0.2, 0) is 11.2 Å². The second-order valence-electron chi connectivity index (χ2n) is 3.99. The quantitative estimate of drug-likeness (QED) is 0.928. The molecule has 0 aromatic carbocycles. The summed E-state index contributed by atoms with van der Waals surface area (Å²) in [7, 11) is 0. The molecule has 1 fully saturated rings. The van der Waals surface area contributed by atoms with Crippen molar-refractivity contribution in [2.24, 2.45) is 5.92 Å². The van der Waals surface area contributed by atoms with Gasteiger partial charge in [-0.1, -0.05) is 0 Å². The first kappa shape index (κ1) is 11.6. The summed E-state index contributed by atoms with van der Waals surface area (Å²) in [6.45, 7) is 2.83. The summed E-state index contributed by atoms with van der Waals surface area (Å²) in [5.74, 6) is 0.291. The van der Waals surface area contributed by atoms with Gasteiger partial charge in [0.2, 0.25) is 0 Å². The van der Waals surface area contributed by atoms with Crippen LogP contribution in [0.3, 0.4) is 0 Å². The second-order valence-corrected chi connectivity index (χ2v) is 5.85. The third kappa shape index (κ3) is 2.61. The van der Waals surface area contributed by atoms with Gasteiger partial charge < -0.3 is 9.84 Å². The predicted octanol–water partition coefficient (Wildman–Crippen LogP) is 2.84. The number of rotatable bonds is 3. The highest BCUT2D eigenvalue weighted by molar-refractivity contribution is 9.10. The number of thiophene rings is 1. The van der Waals surface area contributed by atoms with Gasteiger partial charge in [-0.3, -0.25) is 0 Å². The van der Waals surface area contributed by atoms with Gasteiger partial charge >= 0.3 is 0 Å². The first-order chi connectivity index (χ1) is 7.18. The lowest BCUT2D eigenvalue weighted by Crippen LogP contribution is -2.27. The van der Waals surface area contributed by atoms with E-state index >= 15 is 0 Å². The van der Waals surface area contributed by atoms with Crippen molar-refractivity contribution in [3.05, 3.63) is 20.8 Å². The Morgan fingerprint density at radius 1 is 1.73 bits per heavy atom. The standard InChI is InChI=1S/C11H15BrO2S/c1-7-8(2-4-14-7)10(13)6-11-9(12)3-5-15-11/h3,5,7-8,10,13H,2,4,6H2,1H3. The highest BCUT2D eigenvalue weighted by Gasteiger charge is 2.31. The number of aliphatic hydroxyl groups excluding tert-OH is 1. The Hall–Kier alpha value is 0.100. The summed E-state index contributed by atoms with van der Waals surface area (Å²) in [6, 6.07) is 2.03. The molecule has 2 nitrogen and oxygen atoms in total. The first-order valence-electron chi connectivity index (χ1n) is 5.20. The molecule has 1 aromatic rings. The van der Waals surface area contributed by atoms with Gasteiger partial charge in [0.15, 0.2) is 0 Å². The molecule has 15 heavy (non-hydrogen) atoms. The van der Waals surface area contributed by atoms with Gasteiger partial charge in [0.05, 0.1) is 12.2 Å². The fourth-order valence-electron chi connectivity index (χ4n) is 2.07. The van der Waals surface area contributed by atoms with Gasteiger partial charge in [-0.2, -0.15) is 0 Å². The van der Waals surface area contributed by atoms with E-state index < -0.39 is 0 Å². The molecule has 3 atom stereocenters. The molecule has 4 heteroatoms. The first-order valence-corrected chi connectivity index (χ1v) is 6.87. The van der Waals surface area contributed by atoms with E-state index in [1.54, 1.807) is 11.3 Å². The lowest BCUT2D eigenvalue weighted by atomic mass is 9.93. The molecular formula is C11H15BrO2S. The van der Waals surface area contributed by atoms with Gasteiger partial charge in [0.25, 0.3) is 0 Å². The fourth-order valence-corrected chi connectivity index (χ4v) is 3.63. The van der Waals surface area contributed by atoms with Crippen LogP contribution in [0.15, 0.2) is 15.9 Å². The van der Waals surface area contributed by atoms with E-state index in [9.17, 15) is 5.11 Å². The molecule has 84 valence electrons. The summed E-state index contributed by atoms with van der Waals surface area (Å²) in [5.41, 5.74) is 0. The van der Waals surface area contributed by atoms with Crippen molar-refractivity contribution in [3.63, 3.8) is 0 Å². The number of hydrogen-bond acceptors (Lipinski definition) is 3. The van der Waals surface area contributed by atoms with Crippen molar-refractivity contribution in [2.45, 2.75) is 32.0 Å². The van der Waals surface area contributed by atoms with E-state index in [-0.39, 0.29) is 12.2 Å². The minimum absolute atomic E-state index is 0.193. The van der Waals surface area contributed by atoms with Crippen LogP contribution in [0.2, 0.25) is 0 Å². The zero-order chi connectivity index (χ0) is 10.8. The molecule has 0 saturated carbocycles. The Bertz CT molecular complexity index is 326. The van der Waals surface area contributed by atoms with Gasteiger partial charge in [-0.25, -0.2) is 0 Å². The van der Waals surface area contributed by atoms with E-state index in [0.717, 1.165) is 23.9 Å². The normalized spacial score (nSPS) is 28.2. The summed E-state index contributed by atoms with van der Waals surface area (Å²) in [6.07, 6.45) is 1.62. The van der Waals surface area contributed by atoms with Crippen molar-refractivity contribution in [1.82, 2.24) is 0 Å². The molecule has 2 heterocycles. The molecule has 0 amide bonds. The number of ether oxygens (including phenoxy) is 1. The Morgan fingerprint density at radius 3 is 3.07 bits per heavy atom. The molecule has 0 radical (unpaired) electrons. The third-order valence-corrected chi connectivity index (χ3v) is 4.96. The Morgan fingerprint density at radius 2 is 2.53 bits per heavy atom. The molecule has 0 aliphatic carbocycles. The number of hydrogen-bond donors (Lipinski definition) is 1. The maximum Gasteiger partial charge on any atom is 0.0642 e. The van der Waals surface area contributed by atoms with Crippen LogP contribution in [0.1, 0.15) is 18.2 Å². The maximum atomic E-state index is 10.1. The molecule has 1 aliphatic rings. The lowest BCUT2D eigenvalue weighted by Gasteiger charge is -2.20. The van der Waals surface area contributed by atoms with Crippen LogP contribution in [-0.4, -0.2) is 23.9 Å². The highest BCUT2D eigenvalue weighted by Crippen LogP contribution is 2.30. The lowest BCUT2D eigenvalue weighted by molar-refractivity contribution is 0.0444. The second kappa shape index (κ2) is 4.95. The van der Waals surface area contributed by atoms with Crippen molar-refractivity contribution >= 4 is 27.3 Å². The van der Waals surface area contributed by atoms with Crippen molar-refractivity contribution in [1.29, 1.82) is 0 Å². The molecule has 1 N–H and O–H groups in total. The highest BCUT2D eigenvalue weighted by atomic mass is 79.9. The number of halogens is 1. The molecule has 2 rings (SSSR count). The van der Waals surface area contributed by atoms with E-state index in [1.165, 1.54) is 4.88 Å². The zero-order valence-corrected chi connectivity index (χ0v) is 11.1. The van der Waals surface area contributed by atoms with Crippen LogP contribution in [0.5, 0.6) is 0 Å². The largest absolute Gasteiger partial charge is 0.392 e. The van der Waals surface area contributed by atoms with Crippen molar-refractivity contribution in [2.75, 3.05) is 6.61 Å². The van der Waals surface area contributed by atoms with Crippen LogP contribution in [0, 0.1) is 5.92 Å². The summed E-state index contributed by atoms with van der Waals surface area (Å²) < 4.78 is 6.58. The molecular weight excluding hydrogens is 276 g/mol. The van der Waals surface area contributed by atoms with Crippen LogP contribution in [0.25, 0.3) is 0 Å². The molecule has 1 saturated heterocycles. The SMILES string of the molecule is CC1OCCC1C(O)Cc1sccc1Br. The Kier molecular flexibility index (Phi) is 3.83. The van der Waals surface area contributed by atoms with Gasteiger partial charge in [-0.05, 0) is 40.7 Å². The summed E-state index contributed by atoms with van der Waals surface area (Å²) in [4.78, 5) is 1.22. The van der Waals surface area contributed by atoms with E-state index in [4.69, 9.17) is 4.74 Å². The van der Waals surface area contributed by atoms with Crippen molar-refractivity contribution in [3.8, 4) is 0 Å². The summed E-state index contributed by atoms with van der Waals surface area (Å²) >= 11 is 5.18. The van der Waals surface area contributed by atoms with E-state index in [1.807, 2.05) is 18.4 Å². The minimum Gasteiger partial charge on any atom is -0.392 e. The molecule has 0 bridgehead atoms. The fraction of sp³-hybridized carbons (Fsp3) is 0.636. The monoisotopic (exact) mass is 290 g/mol. The third-order valence-electron chi connectivity index (χ3n) is 3.01. The Balaban J connectivity index is 1.97. The van der Waals surface area contributed by atoms with E-state index in [0.29, 0.717) is 5.92 Å². The van der Waals surface area contributed by atoms with Gasteiger partial charge in [-0.15, -0.1) is 11.3 Å². The van der Waals surface area contributed by atoms with E-state index in [2.05, 4.69) is 15.9 Å². The van der Waals surface area contributed by atoms with Crippen LogP contribution >= 0.6 is 27.3 Å². The molecule has 1 aromatic heterocycles. The number of aliphatic hydroxyl groups is 1. The van der Waals surface area contributed by atoms with Crippen molar-refractivity contribution < 1.29 is 9.84 Å². The smallest absolute Gasteiger partial charge is 0.0642 e.